The Morgan fingerprint density at radius 1 is 1.35 bits per heavy atom. The number of carboxylic acid groups (broad SMARTS) is 2. The van der Waals surface area contributed by atoms with Gasteiger partial charge >= 0.3 is 12.1 Å². The second-order valence-electron chi connectivity index (χ2n) is 4.41. The van der Waals surface area contributed by atoms with Crippen LogP contribution in [0.4, 0.5) is 13.2 Å². The van der Waals surface area contributed by atoms with Crippen molar-refractivity contribution in [2.24, 2.45) is 0 Å². The predicted octanol–water partition coefficient (Wildman–Crippen LogP) is -1.01. The van der Waals surface area contributed by atoms with Crippen LogP contribution in [0.5, 0.6) is 0 Å². The van der Waals surface area contributed by atoms with Gasteiger partial charge < -0.3 is 20.3 Å². The van der Waals surface area contributed by atoms with Gasteiger partial charge in [-0.3, -0.25) is 9.59 Å². The Hall–Kier alpha value is -3.09. The van der Waals surface area contributed by atoms with E-state index in [0.29, 0.717) is 0 Å². The van der Waals surface area contributed by atoms with Gasteiger partial charge in [0.15, 0.2) is 6.20 Å². The molecule has 0 saturated carbocycles. The molecule has 2 aromatic heterocycles. The summed E-state index contributed by atoms with van der Waals surface area (Å²) in [6, 6.07) is 1.80. The van der Waals surface area contributed by atoms with Crippen LogP contribution in [0.25, 0.3) is 10.6 Å². The van der Waals surface area contributed by atoms with E-state index in [2.05, 4.69) is 15.4 Å². The highest BCUT2D eigenvalue weighted by Gasteiger charge is 2.28. The Bertz CT molecular complexity index is 750. The summed E-state index contributed by atoms with van der Waals surface area (Å²) in [4.78, 5) is 34.6. The highest BCUT2D eigenvalue weighted by molar-refractivity contribution is 7.13. The number of alkyl halides is 3. The van der Waals surface area contributed by atoms with Crippen LogP contribution in [0.3, 0.4) is 0 Å². The fourth-order valence-electron chi connectivity index (χ4n) is 1.35. The Morgan fingerprint density at radius 2 is 2.00 bits per heavy atom. The van der Waals surface area contributed by atoms with E-state index >= 15 is 0 Å². The molecule has 2 rings (SSSR count). The largest absolute Gasteiger partial charge is 0.542 e. The van der Waals surface area contributed by atoms with E-state index < -0.39 is 30.6 Å². The molecule has 140 valence electrons. The van der Waals surface area contributed by atoms with Crippen molar-refractivity contribution in [3.05, 3.63) is 30.0 Å². The monoisotopic (exact) mass is 392 g/mol. The number of hydrogen-bond donors (Lipinski definition) is 2. The van der Waals surface area contributed by atoms with Crippen molar-refractivity contribution in [3.8, 4) is 10.6 Å². The third-order valence-corrected chi connectivity index (χ3v) is 3.25. The van der Waals surface area contributed by atoms with Gasteiger partial charge in [0.2, 0.25) is 0 Å². The van der Waals surface area contributed by atoms with Gasteiger partial charge in [0.25, 0.3) is 12.5 Å². The average molecular weight is 392 g/mol. The minimum absolute atomic E-state index is 0.0224. The number of aliphatic carboxylic acids is 2. The molecular formula is C13H11F3N4O5S. The van der Waals surface area contributed by atoms with Crippen molar-refractivity contribution in [1.29, 1.82) is 0 Å². The van der Waals surface area contributed by atoms with Gasteiger partial charge in [-0.2, -0.15) is 13.2 Å². The second-order valence-corrected chi connectivity index (χ2v) is 5.30. The fourth-order valence-corrected chi connectivity index (χ4v) is 1.98. The average Bonchev–Trinajstić information content (AvgIpc) is 3.08. The number of rotatable bonds is 5. The summed E-state index contributed by atoms with van der Waals surface area (Å²) in [6.07, 6.45) is -0.221. The van der Waals surface area contributed by atoms with Crippen molar-refractivity contribution in [1.82, 2.24) is 15.4 Å². The van der Waals surface area contributed by atoms with Gasteiger partial charge in [-0.05, 0) is 5.10 Å². The highest BCUT2D eigenvalue weighted by Crippen LogP contribution is 2.18. The summed E-state index contributed by atoms with van der Waals surface area (Å²) in [5, 5.41) is 26.3. The lowest BCUT2D eigenvalue weighted by Gasteiger charge is -2.03. The highest BCUT2D eigenvalue weighted by atomic mass is 32.1. The quantitative estimate of drug-likeness (QED) is 0.623. The SMILES string of the molecule is O=C(O)CNC(=O)C[n+]1ccc(-c2nccs2)cn1.O=C([O-])C(F)(F)F. The van der Waals surface area contributed by atoms with Crippen molar-refractivity contribution in [2.45, 2.75) is 12.7 Å². The standard InChI is InChI=1S/C11H10N4O3S.C2HF3O2/c16-9(13-6-10(17)18)7-15-3-1-8(5-14-15)11-12-2-4-19-11;3-2(4,5)1(6)7/h1-5H,6-7H2,(H-,13,16,17,18);(H,6,7). The minimum atomic E-state index is -5.19. The minimum Gasteiger partial charge on any atom is -0.542 e. The number of amides is 1. The first-order valence-electron chi connectivity index (χ1n) is 6.62. The third kappa shape index (κ3) is 7.65. The molecule has 2 N–H and O–H groups in total. The maximum absolute atomic E-state index is 11.4. The van der Waals surface area contributed by atoms with E-state index in [1.54, 1.807) is 24.7 Å². The predicted molar refractivity (Wildman–Crippen MR) is 77.2 cm³/mol. The van der Waals surface area contributed by atoms with E-state index in [1.807, 2.05) is 5.38 Å². The van der Waals surface area contributed by atoms with Gasteiger partial charge in [-0.25, -0.2) is 4.98 Å². The van der Waals surface area contributed by atoms with Crippen LogP contribution >= 0.6 is 11.3 Å². The van der Waals surface area contributed by atoms with Gasteiger partial charge in [-0.1, -0.05) is 4.68 Å². The number of nitrogens with zero attached hydrogens (tertiary/aromatic N) is 3. The summed E-state index contributed by atoms with van der Waals surface area (Å²) in [7, 11) is 0. The van der Waals surface area contributed by atoms with Crippen LogP contribution in [0.15, 0.2) is 30.0 Å². The number of aromatic nitrogens is 3. The summed E-state index contributed by atoms with van der Waals surface area (Å²) in [5.41, 5.74) is 0.872. The molecule has 13 heteroatoms. The van der Waals surface area contributed by atoms with E-state index in [1.165, 1.54) is 16.0 Å². The molecule has 0 aromatic carbocycles. The van der Waals surface area contributed by atoms with E-state index in [4.69, 9.17) is 15.0 Å². The number of carboxylic acids is 2. The summed E-state index contributed by atoms with van der Waals surface area (Å²) in [6.45, 7) is -0.415. The molecule has 0 fully saturated rings. The van der Waals surface area contributed by atoms with Crippen LogP contribution in [0.1, 0.15) is 0 Å². The molecule has 0 atom stereocenters. The van der Waals surface area contributed by atoms with Crippen molar-refractivity contribution in [3.63, 3.8) is 0 Å². The first-order valence-corrected chi connectivity index (χ1v) is 7.50. The maximum atomic E-state index is 11.4. The van der Waals surface area contributed by atoms with Gasteiger partial charge in [0.05, 0.1) is 0 Å². The van der Waals surface area contributed by atoms with Gasteiger partial charge in [-0.15, -0.1) is 11.3 Å². The molecule has 0 bridgehead atoms. The lowest BCUT2D eigenvalue weighted by Crippen LogP contribution is -2.46. The molecule has 0 unspecified atom stereocenters. The molecule has 2 heterocycles. The topological polar surface area (TPSA) is 136 Å². The lowest BCUT2D eigenvalue weighted by molar-refractivity contribution is -0.742. The number of nitrogens with one attached hydrogen (secondary N) is 1. The summed E-state index contributed by atoms with van der Waals surface area (Å²) >= 11 is 1.50. The Kier molecular flexibility index (Phi) is 7.58. The molecule has 0 saturated heterocycles. The Labute approximate surface area is 147 Å². The molecule has 2 aromatic rings. The summed E-state index contributed by atoms with van der Waals surface area (Å²) in [5.74, 6) is -4.49. The normalized spacial score (nSPS) is 10.4. The zero-order valence-corrected chi connectivity index (χ0v) is 13.6. The fraction of sp³-hybridized carbons (Fsp3) is 0.231. The first kappa shape index (κ1) is 21.0. The molecule has 0 spiro atoms. The number of thiazole rings is 1. The number of halogens is 3. The zero-order valence-electron chi connectivity index (χ0n) is 12.8. The second kappa shape index (κ2) is 9.41. The molecule has 0 aliphatic rings. The smallest absolute Gasteiger partial charge is 0.430 e. The van der Waals surface area contributed by atoms with Crippen molar-refractivity contribution in [2.75, 3.05) is 6.54 Å². The Morgan fingerprint density at radius 3 is 2.42 bits per heavy atom. The molecular weight excluding hydrogens is 381 g/mol. The summed E-state index contributed by atoms with van der Waals surface area (Å²) < 4.78 is 33.0. The van der Waals surface area contributed by atoms with Gasteiger partial charge in [0, 0.05) is 23.2 Å². The van der Waals surface area contributed by atoms with Crippen LogP contribution in [0, 0.1) is 0 Å². The van der Waals surface area contributed by atoms with Gasteiger partial charge in [0.1, 0.15) is 23.7 Å². The van der Waals surface area contributed by atoms with Crippen LogP contribution in [0.2, 0.25) is 0 Å². The van der Waals surface area contributed by atoms with E-state index in [0.717, 1.165) is 10.6 Å². The number of carbonyl (C=O) groups is 3. The third-order valence-electron chi connectivity index (χ3n) is 2.42. The zero-order chi connectivity index (χ0) is 19.7. The molecule has 0 radical (unpaired) electrons. The molecule has 1 amide bonds. The molecule has 0 aliphatic heterocycles. The molecule has 0 aliphatic carbocycles. The number of carbonyl (C=O) groups excluding carboxylic acids is 2. The maximum Gasteiger partial charge on any atom is 0.430 e. The van der Waals surface area contributed by atoms with E-state index in [-0.39, 0.29) is 6.54 Å². The van der Waals surface area contributed by atoms with Crippen LogP contribution in [-0.2, 0) is 20.9 Å². The first-order chi connectivity index (χ1) is 12.1. The van der Waals surface area contributed by atoms with Crippen LogP contribution < -0.4 is 15.1 Å². The van der Waals surface area contributed by atoms with Crippen LogP contribution in [-0.4, -0.2) is 45.8 Å². The van der Waals surface area contributed by atoms with Crippen molar-refractivity contribution < 1.29 is 42.4 Å². The van der Waals surface area contributed by atoms with Crippen molar-refractivity contribution >= 4 is 29.2 Å². The Balaban J connectivity index is 0.000000412. The number of hydrogen-bond acceptors (Lipinski definition) is 7. The molecule has 9 nitrogen and oxygen atoms in total. The lowest BCUT2D eigenvalue weighted by atomic mass is 10.3. The van der Waals surface area contributed by atoms with E-state index in [9.17, 15) is 22.8 Å². The molecule has 26 heavy (non-hydrogen) atoms.